The van der Waals surface area contributed by atoms with Gasteiger partial charge in [-0.3, -0.25) is 0 Å². The Morgan fingerprint density at radius 1 is 1.33 bits per heavy atom. The van der Waals surface area contributed by atoms with Crippen LogP contribution in [0.2, 0.25) is 0 Å². The molecule has 0 bridgehead atoms. The first-order valence-electron chi connectivity index (χ1n) is 5.60. The number of benzene rings is 1. The summed E-state index contributed by atoms with van der Waals surface area (Å²) in [5.41, 5.74) is 0.151. The van der Waals surface area contributed by atoms with Crippen molar-refractivity contribution in [3.8, 4) is 0 Å². The van der Waals surface area contributed by atoms with Crippen molar-refractivity contribution >= 4 is 6.09 Å². The summed E-state index contributed by atoms with van der Waals surface area (Å²) in [5, 5.41) is 0. The minimum Gasteiger partial charge on any atom is -0.444 e. The molecular weight excluding hydrogens is 244 g/mol. The van der Waals surface area contributed by atoms with E-state index in [0.717, 1.165) is 12.1 Å². The number of carbonyl (C=O) groups is 1. The van der Waals surface area contributed by atoms with Crippen LogP contribution in [0.5, 0.6) is 0 Å². The molecule has 0 spiro atoms. The molecular formula is C12H13F2NO3. The van der Waals surface area contributed by atoms with Crippen molar-refractivity contribution in [3.63, 3.8) is 0 Å². The lowest BCUT2D eigenvalue weighted by Crippen LogP contribution is -2.40. The smallest absolute Gasteiger partial charge is 0.410 e. The van der Waals surface area contributed by atoms with Crippen molar-refractivity contribution < 1.29 is 23.0 Å². The summed E-state index contributed by atoms with van der Waals surface area (Å²) in [6.07, 6.45) is -0.512. The van der Waals surface area contributed by atoms with Crippen molar-refractivity contribution in [2.45, 2.75) is 6.61 Å². The molecule has 0 radical (unpaired) electrons. The highest BCUT2D eigenvalue weighted by molar-refractivity contribution is 5.67. The molecule has 1 saturated heterocycles. The first kappa shape index (κ1) is 12.8. The van der Waals surface area contributed by atoms with Crippen molar-refractivity contribution in [2.75, 3.05) is 26.3 Å². The lowest BCUT2D eigenvalue weighted by Gasteiger charge is -2.25. The molecule has 0 N–H and O–H groups in total. The van der Waals surface area contributed by atoms with Crippen LogP contribution in [0, 0.1) is 11.6 Å². The average molecular weight is 257 g/mol. The standard InChI is InChI=1S/C12H13F2NO3/c13-10-2-1-9(11(14)7-10)8-18-12(16)15-3-5-17-6-4-15/h1-2,7H,3-6,8H2. The van der Waals surface area contributed by atoms with Gasteiger partial charge in [0.1, 0.15) is 18.2 Å². The average Bonchev–Trinajstić information content (AvgIpc) is 2.38. The molecule has 0 unspecified atom stereocenters. The highest BCUT2D eigenvalue weighted by atomic mass is 19.1. The summed E-state index contributed by atoms with van der Waals surface area (Å²) < 4.78 is 36.0. The summed E-state index contributed by atoms with van der Waals surface area (Å²) in [4.78, 5) is 13.1. The fourth-order valence-corrected chi connectivity index (χ4v) is 1.62. The van der Waals surface area contributed by atoms with Crippen LogP contribution >= 0.6 is 0 Å². The normalized spacial score (nSPS) is 15.6. The SMILES string of the molecule is O=C(OCc1ccc(F)cc1F)N1CCOCC1. The van der Waals surface area contributed by atoms with Crippen LogP contribution in [0.3, 0.4) is 0 Å². The summed E-state index contributed by atoms with van der Waals surface area (Å²) in [6, 6.07) is 3.15. The van der Waals surface area contributed by atoms with Crippen molar-refractivity contribution in [2.24, 2.45) is 0 Å². The zero-order valence-corrected chi connectivity index (χ0v) is 9.70. The molecule has 98 valence electrons. The zero-order valence-electron chi connectivity index (χ0n) is 9.70. The van der Waals surface area contributed by atoms with Crippen LogP contribution in [-0.4, -0.2) is 37.3 Å². The van der Waals surface area contributed by atoms with Gasteiger partial charge in [-0.05, 0) is 12.1 Å². The Labute approximate surface area is 103 Å². The molecule has 6 heteroatoms. The number of ether oxygens (including phenoxy) is 2. The van der Waals surface area contributed by atoms with Gasteiger partial charge in [-0.2, -0.15) is 0 Å². The Bertz CT molecular complexity index is 433. The third kappa shape index (κ3) is 3.16. The quantitative estimate of drug-likeness (QED) is 0.812. The molecule has 0 atom stereocenters. The maximum Gasteiger partial charge on any atom is 0.410 e. The molecule has 1 aromatic carbocycles. The fraction of sp³-hybridized carbons (Fsp3) is 0.417. The monoisotopic (exact) mass is 257 g/mol. The largest absolute Gasteiger partial charge is 0.444 e. The molecule has 0 saturated carbocycles. The zero-order chi connectivity index (χ0) is 13.0. The Balaban J connectivity index is 1.88. The Hall–Kier alpha value is -1.69. The number of carbonyl (C=O) groups excluding carboxylic acids is 1. The van der Waals surface area contributed by atoms with Gasteiger partial charge in [0.25, 0.3) is 0 Å². The van der Waals surface area contributed by atoms with E-state index in [2.05, 4.69) is 0 Å². The number of hydrogen-bond donors (Lipinski definition) is 0. The second-order valence-corrected chi connectivity index (χ2v) is 3.89. The lowest BCUT2D eigenvalue weighted by atomic mass is 10.2. The van der Waals surface area contributed by atoms with Crippen molar-refractivity contribution in [1.29, 1.82) is 0 Å². The molecule has 4 nitrogen and oxygen atoms in total. The second kappa shape index (κ2) is 5.77. The molecule has 0 aliphatic carbocycles. The fourth-order valence-electron chi connectivity index (χ4n) is 1.62. The van der Waals surface area contributed by atoms with Crippen LogP contribution in [0.4, 0.5) is 13.6 Å². The highest BCUT2D eigenvalue weighted by Crippen LogP contribution is 2.11. The van der Waals surface area contributed by atoms with Crippen LogP contribution in [0.15, 0.2) is 18.2 Å². The molecule has 1 aromatic rings. The van der Waals surface area contributed by atoms with Crippen LogP contribution in [0.25, 0.3) is 0 Å². The van der Waals surface area contributed by atoms with E-state index in [-0.39, 0.29) is 12.2 Å². The number of nitrogens with zero attached hydrogens (tertiary/aromatic N) is 1. The number of amides is 1. The number of rotatable bonds is 2. The number of halogens is 2. The molecule has 18 heavy (non-hydrogen) atoms. The van der Waals surface area contributed by atoms with Gasteiger partial charge in [-0.15, -0.1) is 0 Å². The van der Waals surface area contributed by atoms with Crippen LogP contribution in [-0.2, 0) is 16.1 Å². The van der Waals surface area contributed by atoms with E-state index in [1.807, 2.05) is 0 Å². The van der Waals surface area contributed by atoms with Gasteiger partial charge in [-0.25, -0.2) is 13.6 Å². The summed E-state index contributed by atoms with van der Waals surface area (Å²) in [6.45, 7) is 1.66. The van der Waals surface area contributed by atoms with E-state index >= 15 is 0 Å². The third-order valence-corrected chi connectivity index (χ3v) is 2.64. The first-order valence-corrected chi connectivity index (χ1v) is 5.60. The predicted octanol–water partition coefficient (Wildman–Crippen LogP) is 1.93. The van der Waals surface area contributed by atoms with Crippen molar-refractivity contribution in [3.05, 3.63) is 35.4 Å². The summed E-state index contributed by atoms with van der Waals surface area (Å²) in [5.74, 6) is -1.37. The van der Waals surface area contributed by atoms with Gasteiger partial charge in [0.05, 0.1) is 13.2 Å². The van der Waals surface area contributed by atoms with E-state index < -0.39 is 17.7 Å². The van der Waals surface area contributed by atoms with Crippen molar-refractivity contribution in [1.82, 2.24) is 4.90 Å². The molecule has 0 aromatic heterocycles. The Morgan fingerprint density at radius 2 is 2.06 bits per heavy atom. The minimum absolute atomic E-state index is 0.151. The maximum atomic E-state index is 13.3. The molecule has 2 rings (SSSR count). The first-order chi connectivity index (χ1) is 8.66. The topological polar surface area (TPSA) is 38.8 Å². The highest BCUT2D eigenvalue weighted by Gasteiger charge is 2.18. The molecule has 1 aliphatic rings. The number of hydrogen-bond acceptors (Lipinski definition) is 3. The molecule has 1 heterocycles. The van der Waals surface area contributed by atoms with Crippen LogP contribution < -0.4 is 0 Å². The van der Waals surface area contributed by atoms with E-state index in [9.17, 15) is 13.6 Å². The molecule has 1 amide bonds. The van der Waals surface area contributed by atoms with Crippen LogP contribution in [0.1, 0.15) is 5.56 Å². The van der Waals surface area contributed by atoms with E-state index in [1.54, 1.807) is 0 Å². The van der Waals surface area contributed by atoms with E-state index in [1.165, 1.54) is 11.0 Å². The Kier molecular flexibility index (Phi) is 4.09. The van der Waals surface area contributed by atoms with Gasteiger partial charge in [0, 0.05) is 24.7 Å². The van der Waals surface area contributed by atoms with Gasteiger partial charge in [0.2, 0.25) is 0 Å². The van der Waals surface area contributed by atoms with E-state index in [0.29, 0.717) is 26.3 Å². The minimum atomic E-state index is -0.718. The van der Waals surface area contributed by atoms with Gasteiger partial charge < -0.3 is 14.4 Å². The lowest BCUT2D eigenvalue weighted by molar-refractivity contribution is 0.0247. The summed E-state index contributed by atoms with van der Waals surface area (Å²) >= 11 is 0. The van der Waals surface area contributed by atoms with E-state index in [4.69, 9.17) is 9.47 Å². The third-order valence-electron chi connectivity index (χ3n) is 2.64. The molecule has 1 aliphatic heterocycles. The summed E-state index contributed by atoms with van der Waals surface area (Å²) in [7, 11) is 0. The Morgan fingerprint density at radius 3 is 2.72 bits per heavy atom. The molecule has 1 fully saturated rings. The van der Waals surface area contributed by atoms with Gasteiger partial charge in [-0.1, -0.05) is 0 Å². The maximum absolute atomic E-state index is 13.3. The number of morpholine rings is 1. The predicted molar refractivity (Wildman–Crippen MR) is 58.9 cm³/mol. The second-order valence-electron chi connectivity index (χ2n) is 3.89. The van der Waals surface area contributed by atoms with Gasteiger partial charge >= 0.3 is 6.09 Å². The van der Waals surface area contributed by atoms with Gasteiger partial charge in [0.15, 0.2) is 0 Å².